The standard InChI is InChI=1S/C27H31F3N4O4S/c1-2-9-33(10-8-27(28,29)30)26(36)22-11-21-7-6-20(13-24(21)32-25(31)14-22)19-4-3-5-23(12-19)39(37,38)34-15-18(16-34)17-35/h3-7,11-13,18,35H,2,8-10,14-17H2,1H3,(H2,31,32). The lowest BCUT2D eigenvalue weighted by Crippen LogP contribution is -2.51. The number of rotatable bonds is 9. The van der Waals surface area contributed by atoms with E-state index in [1.54, 1.807) is 49.4 Å². The summed E-state index contributed by atoms with van der Waals surface area (Å²) in [6.07, 6.45) is -3.36. The first-order valence-corrected chi connectivity index (χ1v) is 14.1. The molecule has 210 valence electrons. The number of carbonyl (C=O) groups excluding carboxylic acids is 1. The highest BCUT2D eigenvalue weighted by Crippen LogP contribution is 2.34. The van der Waals surface area contributed by atoms with Crippen molar-refractivity contribution in [2.45, 2.75) is 37.3 Å². The van der Waals surface area contributed by atoms with E-state index < -0.39 is 35.1 Å². The van der Waals surface area contributed by atoms with E-state index in [0.29, 0.717) is 28.8 Å². The van der Waals surface area contributed by atoms with Gasteiger partial charge in [-0.05, 0) is 41.8 Å². The van der Waals surface area contributed by atoms with E-state index in [1.165, 1.54) is 15.3 Å². The molecule has 0 bridgehead atoms. The van der Waals surface area contributed by atoms with Crippen LogP contribution in [0.25, 0.3) is 17.2 Å². The smallest absolute Gasteiger partial charge is 0.390 e. The number of hydrogen-bond donors (Lipinski definition) is 2. The van der Waals surface area contributed by atoms with Crippen molar-refractivity contribution in [1.82, 2.24) is 9.21 Å². The fourth-order valence-corrected chi connectivity index (χ4v) is 6.22. The van der Waals surface area contributed by atoms with Gasteiger partial charge in [0.25, 0.3) is 0 Å². The van der Waals surface area contributed by atoms with E-state index >= 15 is 0 Å². The molecule has 2 aliphatic heterocycles. The minimum absolute atomic E-state index is 0.00647. The van der Waals surface area contributed by atoms with Gasteiger partial charge in [-0.25, -0.2) is 13.4 Å². The number of sulfonamides is 1. The predicted molar refractivity (Wildman–Crippen MR) is 143 cm³/mol. The molecule has 2 aromatic rings. The Kier molecular flexibility index (Phi) is 8.48. The summed E-state index contributed by atoms with van der Waals surface area (Å²) in [5, 5.41) is 9.21. The quantitative estimate of drug-likeness (QED) is 0.479. The maximum absolute atomic E-state index is 13.2. The molecule has 1 fully saturated rings. The summed E-state index contributed by atoms with van der Waals surface area (Å²) >= 11 is 0. The lowest BCUT2D eigenvalue weighted by molar-refractivity contribution is -0.143. The molecular weight excluding hydrogens is 533 g/mol. The predicted octanol–water partition coefficient (Wildman–Crippen LogP) is 3.93. The molecule has 0 atom stereocenters. The number of aliphatic imine (C=N–C) groups is 1. The highest BCUT2D eigenvalue weighted by molar-refractivity contribution is 7.89. The molecule has 3 N–H and O–H groups in total. The second kappa shape index (κ2) is 11.5. The van der Waals surface area contributed by atoms with E-state index in [0.717, 1.165) is 0 Å². The Morgan fingerprint density at radius 2 is 1.87 bits per heavy atom. The molecule has 0 aliphatic carbocycles. The van der Waals surface area contributed by atoms with Gasteiger partial charge in [0.2, 0.25) is 15.9 Å². The van der Waals surface area contributed by atoms with Crippen LogP contribution in [0.1, 0.15) is 31.7 Å². The molecule has 2 aromatic carbocycles. The van der Waals surface area contributed by atoms with Crippen molar-refractivity contribution in [2.75, 3.05) is 32.8 Å². The van der Waals surface area contributed by atoms with Crippen molar-refractivity contribution in [2.24, 2.45) is 16.6 Å². The molecule has 39 heavy (non-hydrogen) atoms. The molecular formula is C27H31F3N4O4S. The second-order valence-electron chi connectivity index (χ2n) is 9.78. The number of aliphatic hydroxyl groups excluding tert-OH is 1. The number of amides is 1. The zero-order chi connectivity index (χ0) is 28.4. The molecule has 1 saturated heterocycles. The van der Waals surface area contributed by atoms with Crippen molar-refractivity contribution < 1.29 is 31.5 Å². The molecule has 0 saturated carbocycles. The number of carbonyl (C=O) groups is 1. The zero-order valence-electron chi connectivity index (χ0n) is 21.5. The number of alkyl halides is 3. The van der Waals surface area contributed by atoms with Crippen LogP contribution in [0.5, 0.6) is 0 Å². The van der Waals surface area contributed by atoms with Gasteiger partial charge in [0.05, 0.1) is 17.0 Å². The maximum Gasteiger partial charge on any atom is 0.390 e. The van der Waals surface area contributed by atoms with E-state index in [1.807, 2.05) is 0 Å². The number of nitrogens with two attached hydrogens (primary N) is 1. The van der Waals surface area contributed by atoms with Crippen molar-refractivity contribution in [3.05, 3.63) is 53.6 Å². The summed E-state index contributed by atoms with van der Waals surface area (Å²) < 4.78 is 65.7. The van der Waals surface area contributed by atoms with Crippen LogP contribution in [-0.4, -0.2) is 73.4 Å². The lowest BCUT2D eigenvalue weighted by atomic mass is 10.0. The second-order valence-corrected chi connectivity index (χ2v) is 11.7. The summed E-state index contributed by atoms with van der Waals surface area (Å²) in [4.78, 5) is 18.9. The number of amidine groups is 1. The van der Waals surface area contributed by atoms with Crippen LogP contribution in [0.2, 0.25) is 0 Å². The summed E-state index contributed by atoms with van der Waals surface area (Å²) in [5.41, 5.74) is 8.71. The van der Waals surface area contributed by atoms with Gasteiger partial charge in [-0.1, -0.05) is 31.2 Å². The summed E-state index contributed by atoms with van der Waals surface area (Å²) in [7, 11) is -3.70. The van der Waals surface area contributed by atoms with Crippen LogP contribution in [0, 0.1) is 5.92 Å². The minimum Gasteiger partial charge on any atom is -0.396 e. The molecule has 0 unspecified atom stereocenters. The van der Waals surface area contributed by atoms with Crippen molar-refractivity contribution in [3.8, 4) is 11.1 Å². The normalized spacial score (nSPS) is 16.5. The number of fused-ring (bicyclic) bond motifs is 1. The van der Waals surface area contributed by atoms with Crippen LogP contribution in [0.15, 0.2) is 57.9 Å². The summed E-state index contributed by atoms with van der Waals surface area (Å²) in [5.74, 6) is -0.423. The van der Waals surface area contributed by atoms with Gasteiger partial charge in [-0.2, -0.15) is 17.5 Å². The van der Waals surface area contributed by atoms with Crippen molar-refractivity contribution in [1.29, 1.82) is 0 Å². The topological polar surface area (TPSA) is 116 Å². The average molecular weight is 565 g/mol. The van der Waals surface area contributed by atoms with E-state index in [4.69, 9.17) is 5.73 Å². The first kappa shape index (κ1) is 28.8. The fraction of sp³-hybridized carbons (Fsp3) is 0.407. The van der Waals surface area contributed by atoms with E-state index in [2.05, 4.69) is 4.99 Å². The van der Waals surface area contributed by atoms with Gasteiger partial charge in [0.1, 0.15) is 5.84 Å². The van der Waals surface area contributed by atoms with Gasteiger partial charge in [0, 0.05) is 56.3 Å². The Morgan fingerprint density at radius 1 is 1.15 bits per heavy atom. The van der Waals surface area contributed by atoms with Gasteiger partial charge in [-0.3, -0.25) is 4.79 Å². The van der Waals surface area contributed by atoms with Crippen LogP contribution in [0.4, 0.5) is 18.9 Å². The molecule has 4 rings (SSSR count). The third-order valence-corrected chi connectivity index (χ3v) is 8.53. The molecule has 0 radical (unpaired) electrons. The number of hydrogen-bond acceptors (Lipinski definition) is 6. The SMILES string of the molecule is CCCN(CCC(F)(F)F)C(=O)C1=Cc2ccc(-c3cccc(S(=O)(=O)N4CC(CO)C4)c3)cc2N=C(N)C1. The van der Waals surface area contributed by atoms with Crippen LogP contribution < -0.4 is 5.73 Å². The van der Waals surface area contributed by atoms with E-state index in [-0.39, 0.29) is 54.9 Å². The summed E-state index contributed by atoms with van der Waals surface area (Å²) in [6.45, 7) is 2.03. The van der Waals surface area contributed by atoms with Gasteiger partial charge in [-0.15, -0.1) is 0 Å². The third kappa shape index (κ3) is 6.68. The maximum atomic E-state index is 13.2. The lowest BCUT2D eigenvalue weighted by Gasteiger charge is -2.36. The Balaban J connectivity index is 1.61. The number of benzene rings is 2. The first-order valence-electron chi connectivity index (χ1n) is 12.7. The minimum atomic E-state index is -4.37. The molecule has 2 aliphatic rings. The fourth-order valence-electron chi connectivity index (χ4n) is 4.58. The Labute approximate surface area is 225 Å². The largest absolute Gasteiger partial charge is 0.396 e. The average Bonchev–Trinajstić information content (AvgIpc) is 3.02. The van der Waals surface area contributed by atoms with Crippen molar-refractivity contribution in [3.63, 3.8) is 0 Å². The number of nitrogens with zero attached hydrogens (tertiary/aromatic N) is 3. The first-order chi connectivity index (χ1) is 18.4. The molecule has 0 aromatic heterocycles. The zero-order valence-corrected chi connectivity index (χ0v) is 22.3. The van der Waals surface area contributed by atoms with Crippen LogP contribution in [-0.2, 0) is 14.8 Å². The Bertz CT molecular complexity index is 1400. The third-order valence-electron chi connectivity index (χ3n) is 6.70. The molecule has 12 heteroatoms. The number of aliphatic hydroxyl groups is 1. The van der Waals surface area contributed by atoms with Gasteiger partial charge >= 0.3 is 6.18 Å². The monoisotopic (exact) mass is 564 g/mol. The van der Waals surface area contributed by atoms with Crippen LogP contribution in [0.3, 0.4) is 0 Å². The van der Waals surface area contributed by atoms with Gasteiger partial charge in [0.15, 0.2) is 0 Å². The molecule has 8 nitrogen and oxygen atoms in total. The number of halogens is 3. The Hall–Kier alpha value is -3.22. The van der Waals surface area contributed by atoms with Crippen molar-refractivity contribution >= 4 is 33.5 Å². The van der Waals surface area contributed by atoms with Gasteiger partial charge < -0.3 is 15.7 Å². The Morgan fingerprint density at radius 3 is 2.54 bits per heavy atom. The highest BCUT2D eigenvalue weighted by atomic mass is 32.2. The highest BCUT2D eigenvalue weighted by Gasteiger charge is 2.36. The molecule has 2 heterocycles. The molecule has 0 spiro atoms. The van der Waals surface area contributed by atoms with Crippen LogP contribution >= 0.6 is 0 Å². The summed E-state index contributed by atoms with van der Waals surface area (Å²) in [6, 6.07) is 11.7. The molecule has 1 amide bonds. The van der Waals surface area contributed by atoms with E-state index in [9.17, 15) is 31.5 Å².